The summed E-state index contributed by atoms with van der Waals surface area (Å²) in [5, 5.41) is 24.4. The zero-order valence-electron chi connectivity index (χ0n) is 12.1. The highest BCUT2D eigenvalue weighted by molar-refractivity contribution is 6.04. The van der Waals surface area contributed by atoms with E-state index >= 15 is 0 Å². The number of carboxylic acid groups (broad SMARTS) is 1. The van der Waals surface area contributed by atoms with Gasteiger partial charge in [-0.3, -0.25) is 4.68 Å². The van der Waals surface area contributed by atoms with Crippen molar-refractivity contribution >= 4 is 22.7 Å². The van der Waals surface area contributed by atoms with Gasteiger partial charge in [0, 0.05) is 26.3 Å². The van der Waals surface area contributed by atoms with E-state index in [4.69, 9.17) is 0 Å². The lowest BCUT2D eigenvalue weighted by atomic mass is 10.0. The van der Waals surface area contributed by atoms with Gasteiger partial charge >= 0.3 is 5.97 Å². The zero-order valence-corrected chi connectivity index (χ0v) is 12.1. The molecule has 0 spiro atoms. The molecule has 1 aliphatic heterocycles. The van der Waals surface area contributed by atoms with E-state index in [-0.39, 0.29) is 5.56 Å². The number of piperidine rings is 1. The van der Waals surface area contributed by atoms with Gasteiger partial charge in [0.15, 0.2) is 5.65 Å². The number of aliphatic hydroxyl groups is 1. The Balaban J connectivity index is 2.25. The van der Waals surface area contributed by atoms with E-state index in [1.165, 1.54) is 6.20 Å². The first kappa shape index (κ1) is 13.8. The molecule has 1 saturated heterocycles. The number of carbonyl (C=O) groups is 1. The lowest BCUT2D eigenvalue weighted by molar-refractivity contribution is 0.0696. The van der Waals surface area contributed by atoms with Crippen molar-refractivity contribution in [2.45, 2.75) is 25.9 Å². The first-order chi connectivity index (χ1) is 9.99. The summed E-state index contributed by atoms with van der Waals surface area (Å²) in [7, 11) is 1.79. The average Bonchev–Trinajstić information content (AvgIpc) is 2.73. The lowest BCUT2D eigenvalue weighted by Crippen LogP contribution is -2.39. The van der Waals surface area contributed by atoms with Crippen LogP contribution in [0.4, 0.5) is 5.69 Å². The SMILES string of the molecule is Cc1nn(C)c2ncc(C(=O)O)c(N3CCCC(O)C3)c12. The van der Waals surface area contributed by atoms with Gasteiger partial charge in [-0.2, -0.15) is 5.10 Å². The van der Waals surface area contributed by atoms with Crippen LogP contribution in [0.1, 0.15) is 28.9 Å². The molecule has 0 radical (unpaired) electrons. The molecule has 112 valence electrons. The molecule has 3 rings (SSSR count). The van der Waals surface area contributed by atoms with Crippen molar-refractivity contribution in [3.63, 3.8) is 0 Å². The van der Waals surface area contributed by atoms with Crippen molar-refractivity contribution < 1.29 is 15.0 Å². The summed E-state index contributed by atoms with van der Waals surface area (Å²) in [4.78, 5) is 17.7. The van der Waals surface area contributed by atoms with E-state index < -0.39 is 12.1 Å². The number of aryl methyl sites for hydroxylation is 2. The molecule has 1 atom stereocenters. The summed E-state index contributed by atoms with van der Waals surface area (Å²) < 4.78 is 1.65. The highest BCUT2D eigenvalue weighted by Gasteiger charge is 2.27. The van der Waals surface area contributed by atoms with Gasteiger partial charge in [0.1, 0.15) is 5.56 Å². The summed E-state index contributed by atoms with van der Waals surface area (Å²) in [5.74, 6) is -1.01. The number of aromatic carboxylic acids is 1. The summed E-state index contributed by atoms with van der Waals surface area (Å²) >= 11 is 0. The summed E-state index contributed by atoms with van der Waals surface area (Å²) in [6.07, 6.45) is 2.53. The number of carboxylic acids is 1. The van der Waals surface area contributed by atoms with Crippen LogP contribution in [-0.2, 0) is 7.05 Å². The summed E-state index contributed by atoms with van der Waals surface area (Å²) in [5.41, 5.74) is 2.19. The minimum atomic E-state index is -1.01. The average molecular weight is 290 g/mol. The quantitative estimate of drug-likeness (QED) is 0.855. The van der Waals surface area contributed by atoms with Crippen molar-refractivity contribution in [2.75, 3.05) is 18.0 Å². The molecule has 21 heavy (non-hydrogen) atoms. The Bertz CT molecular complexity index is 710. The number of rotatable bonds is 2. The van der Waals surface area contributed by atoms with Gasteiger partial charge in [-0.15, -0.1) is 0 Å². The third-order valence-electron chi connectivity index (χ3n) is 3.94. The van der Waals surface area contributed by atoms with Crippen molar-refractivity contribution in [3.8, 4) is 0 Å². The Labute approximate surface area is 121 Å². The second kappa shape index (κ2) is 5.00. The number of β-amino-alcohol motifs (C(OH)–C–C–N with tert-alkyl or cyclic N) is 1. The summed E-state index contributed by atoms with van der Waals surface area (Å²) in [6.45, 7) is 3.01. The molecule has 7 nitrogen and oxygen atoms in total. The monoisotopic (exact) mass is 290 g/mol. The van der Waals surface area contributed by atoms with Crippen LogP contribution in [0.3, 0.4) is 0 Å². The number of nitrogens with zero attached hydrogens (tertiary/aromatic N) is 4. The van der Waals surface area contributed by atoms with Crippen molar-refractivity contribution in [2.24, 2.45) is 7.05 Å². The Morgan fingerprint density at radius 2 is 2.24 bits per heavy atom. The molecule has 2 N–H and O–H groups in total. The van der Waals surface area contributed by atoms with E-state index in [0.717, 1.165) is 30.5 Å². The normalized spacial score (nSPS) is 19.2. The molecule has 0 amide bonds. The van der Waals surface area contributed by atoms with E-state index in [9.17, 15) is 15.0 Å². The Kier molecular flexibility index (Phi) is 3.29. The number of hydrogen-bond acceptors (Lipinski definition) is 5. The smallest absolute Gasteiger partial charge is 0.339 e. The van der Waals surface area contributed by atoms with Gasteiger partial charge in [-0.25, -0.2) is 9.78 Å². The Morgan fingerprint density at radius 3 is 2.90 bits per heavy atom. The number of aromatic nitrogens is 3. The van der Waals surface area contributed by atoms with Gasteiger partial charge < -0.3 is 15.1 Å². The maximum Gasteiger partial charge on any atom is 0.339 e. The molecular formula is C14H18N4O3. The van der Waals surface area contributed by atoms with Gasteiger partial charge in [0.25, 0.3) is 0 Å². The molecule has 2 aromatic heterocycles. The molecule has 0 aromatic carbocycles. The third kappa shape index (κ3) is 2.23. The molecule has 2 aromatic rings. The molecule has 1 aliphatic rings. The Hall–Kier alpha value is -2.15. The van der Waals surface area contributed by atoms with Crippen molar-refractivity contribution in [1.29, 1.82) is 0 Å². The van der Waals surface area contributed by atoms with Crippen molar-refractivity contribution in [3.05, 3.63) is 17.5 Å². The fourth-order valence-electron chi connectivity index (χ4n) is 3.04. The van der Waals surface area contributed by atoms with E-state index in [1.807, 2.05) is 11.8 Å². The second-order valence-electron chi connectivity index (χ2n) is 5.48. The maximum atomic E-state index is 11.6. The highest BCUT2D eigenvalue weighted by atomic mass is 16.4. The molecule has 0 bridgehead atoms. The van der Waals surface area contributed by atoms with Gasteiger partial charge in [-0.05, 0) is 19.8 Å². The first-order valence-corrected chi connectivity index (χ1v) is 6.97. The van der Waals surface area contributed by atoms with E-state index in [0.29, 0.717) is 17.9 Å². The molecule has 1 unspecified atom stereocenters. The first-order valence-electron chi connectivity index (χ1n) is 6.97. The van der Waals surface area contributed by atoms with Crippen LogP contribution in [0, 0.1) is 6.92 Å². The minimum absolute atomic E-state index is 0.160. The molecule has 0 aliphatic carbocycles. The predicted molar refractivity (Wildman–Crippen MR) is 77.7 cm³/mol. The fraction of sp³-hybridized carbons (Fsp3) is 0.500. The van der Waals surface area contributed by atoms with Gasteiger partial charge in [-0.1, -0.05) is 0 Å². The topological polar surface area (TPSA) is 91.5 Å². The van der Waals surface area contributed by atoms with Crippen LogP contribution in [0.2, 0.25) is 0 Å². The molecule has 3 heterocycles. The number of aliphatic hydroxyl groups excluding tert-OH is 1. The maximum absolute atomic E-state index is 11.6. The summed E-state index contributed by atoms with van der Waals surface area (Å²) in [6, 6.07) is 0. The second-order valence-corrected chi connectivity index (χ2v) is 5.48. The van der Waals surface area contributed by atoms with E-state index in [2.05, 4.69) is 10.1 Å². The highest BCUT2D eigenvalue weighted by Crippen LogP contribution is 2.33. The molecule has 1 fully saturated rings. The number of pyridine rings is 1. The lowest BCUT2D eigenvalue weighted by Gasteiger charge is -2.33. The van der Waals surface area contributed by atoms with Crippen LogP contribution in [0.5, 0.6) is 0 Å². The predicted octanol–water partition coefficient (Wildman–Crippen LogP) is 0.936. The fourth-order valence-corrected chi connectivity index (χ4v) is 3.04. The zero-order chi connectivity index (χ0) is 15.1. The minimum Gasteiger partial charge on any atom is -0.478 e. The van der Waals surface area contributed by atoms with Crippen LogP contribution in [0.25, 0.3) is 11.0 Å². The van der Waals surface area contributed by atoms with E-state index in [1.54, 1.807) is 11.7 Å². The van der Waals surface area contributed by atoms with Gasteiger partial charge in [0.2, 0.25) is 0 Å². The van der Waals surface area contributed by atoms with Crippen LogP contribution in [-0.4, -0.2) is 50.1 Å². The largest absolute Gasteiger partial charge is 0.478 e. The Morgan fingerprint density at radius 1 is 1.48 bits per heavy atom. The third-order valence-corrected chi connectivity index (χ3v) is 3.94. The number of hydrogen-bond donors (Lipinski definition) is 2. The number of anilines is 1. The number of fused-ring (bicyclic) bond motifs is 1. The molecular weight excluding hydrogens is 272 g/mol. The standard InChI is InChI=1S/C14H18N4O3/c1-8-11-12(18-5-3-4-9(19)7-18)10(14(20)21)6-15-13(11)17(2)16-8/h6,9,19H,3-5,7H2,1-2H3,(H,20,21). The van der Waals surface area contributed by atoms with Crippen LogP contribution < -0.4 is 4.90 Å². The van der Waals surface area contributed by atoms with Gasteiger partial charge in [0.05, 0.1) is 22.9 Å². The van der Waals surface area contributed by atoms with Crippen LogP contribution in [0.15, 0.2) is 6.20 Å². The van der Waals surface area contributed by atoms with Crippen molar-refractivity contribution in [1.82, 2.24) is 14.8 Å². The molecule has 7 heteroatoms. The molecule has 0 saturated carbocycles. The van der Waals surface area contributed by atoms with Crippen LogP contribution >= 0.6 is 0 Å².